The third-order valence-corrected chi connectivity index (χ3v) is 5.63. The minimum atomic E-state index is -4.69. The maximum absolute atomic E-state index is 13.6. The molecule has 1 amide bonds. The lowest BCUT2D eigenvalue weighted by Crippen LogP contribution is -2.23. The Kier molecular flexibility index (Phi) is 12.2. The van der Waals surface area contributed by atoms with Crippen LogP contribution >= 0.6 is 8.81 Å². The highest BCUT2D eigenvalue weighted by Crippen LogP contribution is 2.36. The summed E-state index contributed by atoms with van der Waals surface area (Å²) in [6.45, 7) is 6.66. The van der Waals surface area contributed by atoms with Gasteiger partial charge in [0, 0.05) is 46.6 Å². The van der Waals surface area contributed by atoms with E-state index >= 15 is 0 Å². The van der Waals surface area contributed by atoms with Crippen molar-refractivity contribution >= 4 is 37.9 Å². The van der Waals surface area contributed by atoms with Crippen LogP contribution in [0.4, 0.5) is 36.3 Å². The maximum Gasteiger partial charge on any atom is 0.421 e. The second kappa shape index (κ2) is 15.1. The molecule has 37 heavy (non-hydrogen) atoms. The molecule has 1 aromatic heterocycles. The summed E-state index contributed by atoms with van der Waals surface area (Å²) in [5, 5.41) is 15.8. The zero-order valence-electron chi connectivity index (χ0n) is 20.8. The molecule has 0 aliphatic rings. The van der Waals surface area contributed by atoms with Crippen molar-refractivity contribution in [3.63, 3.8) is 0 Å². The van der Waals surface area contributed by atoms with Crippen LogP contribution in [0.5, 0.6) is 0 Å². The second-order valence-electron chi connectivity index (χ2n) is 7.38. The molecule has 1 atom stereocenters. The molecule has 0 saturated heterocycles. The first kappa shape index (κ1) is 30.0. The van der Waals surface area contributed by atoms with Gasteiger partial charge in [-0.15, -0.1) is 0 Å². The molecule has 0 fully saturated rings. The molecular formula is C25H31F3N5O3P. The smallest absolute Gasteiger partial charge is 0.397 e. The average molecular weight is 538 g/mol. The Bertz CT molecular complexity index is 1130. The Morgan fingerprint density at radius 2 is 1.73 bits per heavy atom. The van der Waals surface area contributed by atoms with Gasteiger partial charge >= 0.3 is 6.18 Å². The molecule has 0 radical (unpaired) electrons. The Labute approximate surface area is 215 Å². The molecule has 0 saturated carbocycles. The lowest BCUT2D eigenvalue weighted by molar-refractivity contribution is -0.137. The fourth-order valence-electron chi connectivity index (χ4n) is 2.99. The fourth-order valence-corrected chi connectivity index (χ4v) is 3.70. The van der Waals surface area contributed by atoms with Crippen molar-refractivity contribution in [2.24, 2.45) is 0 Å². The van der Waals surface area contributed by atoms with Crippen molar-refractivity contribution in [2.75, 3.05) is 30.4 Å². The van der Waals surface area contributed by atoms with Crippen molar-refractivity contribution in [3.05, 3.63) is 71.4 Å². The molecule has 1 unspecified atom stereocenters. The zero-order chi connectivity index (χ0) is 27.3. The van der Waals surface area contributed by atoms with E-state index in [9.17, 15) is 18.0 Å². The van der Waals surface area contributed by atoms with Gasteiger partial charge in [-0.3, -0.25) is 4.79 Å². The molecule has 0 aliphatic heterocycles. The molecule has 0 spiro atoms. The number of aliphatic hydroxyl groups is 1. The molecule has 8 nitrogen and oxygen atoms in total. The summed E-state index contributed by atoms with van der Waals surface area (Å²) >= 11 is 0. The van der Waals surface area contributed by atoms with Crippen LogP contribution < -0.4 is 16.0 Å². The van der Waals surface area contributed by atoms with Gasteiger partial charge in [0.05, 0.1) is 11.3 Å². The molecule has 3 rings (SSSR count). The molecule has 200 valence electrons. The number of alkyl halides is 3. The van der Waals surface area contributed by atoms with Gasteiger partial charge in [0.2, 0.25) is 5.95 Å². The highest BCUT2D eigenvalue weighted by atomic mass is 31.1. The van der Waals surface area contributed by atoms with Crippen LogP contribution in [-0.4, -0.2) is 40.7 Å². The Morgan fingerprint density at radius 3 is 2.35 bits per heavy atom. The number of nitrogens with zero attached hydrogens (tertiary/aromatic N) is 2. The van der Waals surface area contributed by atoms with Gasteiger partial charge < -0.3 is 25.6 Å². The van der Waals surface area contributed by atoms with Gasteiger partial charge in [-0.1, -0.05) is 24.3 Å². The van der Waals surface area contributed by atoms with E-state index in [4.69, 9.17) is 9.63 Å². The minimum absolute atomic E-state index is 0.0186. The summed E-state index contributed by atoms with van der Waals surface area (Å²) in [6, 6.07) is 13.7. The number of carbonyl (C=O) groups excluding carboxylic acids is 1. The molecule has 3 aromatic rings. The molecule has 2 aromatic carbocycles. The minimum Gasteiger partial charge on any atom is -0.397 e. The van der Waals surface area contributed by atoms with Gasteiger partial charge in [0.15, 0.2) is 0 Å². The van der Waals surface area contributed by atoms with Gasteiger partial charge in [0.1, 0.15) is 11.4 Å². The standard InChI is InChI=1S/C23H25F3N5O2P.C2H6O/c1-3-27-21(32)17-7-5-6-8-19(17)30-20-18(23(24,25)26)13-28-22(31-20)29-16-11-9-15(10-12-16)14-34-33-4-2;1-2-3/h5-13,34H,3-4,14H2,1-2H3,(H,27,32)(H2,28,29,30,31);3H,2H2,1H3. The SMILES string of the molecule is CCNC(=O)c1ccccc1Nc1nc(Nc2ccc(CPOCC)cc2)ncc1C(F)(F)F.CCO. The lowest BCUT2D eigenvalue weighted by atomic mass is 10.1. The number of amides is 1. The Balaban J connectivity index is 0.00000153. The first-order chi connectivity index (χ1) is 17.7. The van der Waals surface area contributed by atoms with E-state index in [2.05, 4.69) is 25.9 Å². The van der Waals surface area contributed by atoms with E-state index < -0.39 is 23.5 Å². The number of carbonyl (C=O) groups is 1. The molecule has 1 heterocycles. The largest absolute Gasteiger partial charge is 0.421 e. The number of hydrogen-bond acceptors (Lipinski definition) is 7. The van der Waals surface area contributed by atoms with E-state index in [0.29, 0.717) is 33.8 Å². The van der Waals surface area contributed by atoms with Crippen LogP contribution in [0.3, 0.4) is 0 Å². The van der Waals surface area contributed by atoms with Crippen molar-refractivity contribution in [3.8, 4) is 0 Å². The van der Waals surface area contributed by atoms with E-state index in [0.717, 1.165) is 11.7 Å². The lowest BCUT2D eigenvalue weighted by Gasteiger charge is -2.16. The normalized spacial score (nSPS) is 11.1. The molecule has 0 aliphatic carbocycles. The monoisotopic (exact) mass is 537 g/mol. The Hall–Kier alpha value is -3.27. The summed E-state index contributed by atoms with van der Waals surface area (Å²) in [7, 11) is 0.365. The number of aromatic nitrogens is 2. The van der Waals surface area contributed by atoms with Crippen LogP contribution in [0.2, 0.25) is 0 Å². The number of hydrogen-bond donors (Lipinski definition) is 4. The van der Waals surface area contributed by atoms with Crippen LogP contribution in [0.25, 0.3) is 0 Å². The van der Waals surface area contributed by atoms with Crippen molar-refractivity contribution < 1.29 is 27.6 Å². The van der Waals surface area contributed by atoms with Gasteiger partial charge in [0.25, 0.3) is 5.91 Å². The number of rotatable bonds is 10. The molecule has 12 heteroatoms. The average Bonchev–Trinajstić information content (AvgIpc) is 2.86. The van der Waals surface area contributed by atoms with E-state index in [-0.39, 0.29) is 23.8 Å². The summed E-state index contributed by atoms with van der Waals surface area (Å²) in [4.78, 5) is 20.2. The van der Waals surface area contributed by atoms with Gasteiger partial charge in [-0.25, -0.2) is 4.98 Å². The highest BCUT2D eigenvalue weighted by Gasteiger charge is 2.35. The van der Waals surface area contributed by atoms with Gasteiger partial charge in [-0.2, -0.15) is 18.2 Å². The number of para-hydroxylation sites is 1. The maximum atomic E-state index is 13.6. The summed E-state index contributed by atoms with van der Waals surface area (Å²) < 4.78 is 46.3. The van der Waals surface area contributed by atoms with Crippen LogP contribution in [0.15, 0.2) is 54.7 Å². The number of benzene rings is 2. The second-order valence-corrected chi connectivity index (χ2v) is 8.31. The van der Waals surface area contributed by atoms with Crippen LogP contribution in [0, 0.1) is 0 Å². The van der Waals surface area contributed by atoms with Crippen molar-refractivity contribution in [2.45, 2.75) is 33.1 Å². The number of nitrogens with one attached hydrogen (secondary N) is 3. The van der Waals surface area contributed by atoms with Crippen LogP contribution in [0.1, 0.15) is 42.3 Å². The molecular weight excluding hydrogens is 506 g/mol. The Morgan fingerprint density at radius 1 is 1.05 bits per heavy atom. The third-order valence-electron chi connectivity index (χ3n) is 4.59. The predicted molar refractivity (Wildman–Crippen MR) is 141 cm³/mol. The van der Waals surface area contributed by atoms with E-state index in [1.807, 2.05) is 19.1 Å². The van der Waals surface area contributed by atoms with Gasteiger partial charge in [-0.05, 0) is 50.6 Å². The highest BCUT2D eigenvalue weighted by molar-refractivity contribution is 7.31. The summed E-state index contributed by atoms with van der Waals surface area (Å²) in [5.74, 6) is -0.886. The van der Waals surface area contributed by atoms with Crippen molar-refractivity contribution in [1.82, 2.24) is 15.3 Å². The first-order valence-electron chi connectivity index (χ1n) is 11.6. The zero-order valence-corrected chi connectivity index (χ0v) is 21.8. The topological polar surface area (TPSA) is 108 Å². The molecule has 4 N–H and O–H groups in total. The first-order valence-corrected chi connectivity index (χ1v) is 12.7. The van der Waals surface area contributed by atoms with Crippen LogP contribution in [-0.2, 0) is 16.9 Å². The number of halogens is 3. The third kappa shape index (κ3) is 9.60. The summed E-state index contributed by atoms with van der Waals surface area (Å²) in [6.07, 6.45) is -3.20. The predicted octanol–water partition coefficient (Wildman–Crippen LogP) is 5.86. The van der Waals surface area contributed by atoms with E-state index in [1.54, 1.807) is 38.1 Å². The number of anilines is 4. The number of aliphatic hydroxyl groups excluding tert-OH is 1. The summed E-state index contributed by atoms with van der Waals surface area (Å²) in [5.41, 5.74) is 1.06. The van der Waals surface area contributed by atoms with E-state index in [1.165, 1.54) is 12.1 Å². The fraction of sp³-hybridized carbons (Fsp3) is 0.320. The quantitative estimate of drug-likeness (QED) is 0.190. The van der Waals surface area contributed by atoms with Crippen molar-refractivity contribution in [1.29, 1.82) is 0 Å². The molecule has 0 bridgehead atoms.